The highest BCUT2D eigenvalue weighted by Gasteiger charge is 2.29. The van der Waals surface area contributed by atoms with Gasteiger partial charge in [0.1, 0.15) is 24.2 Å². The number of hydrogen-bond acceptors (Lipinski definition) is 4. The largest absolute Gasteiger partial charge is 0.492 e. The number of nitrogens with zero attached hydrogens (tertiary/aromatic N) is 2. The molecule has 6 heteroatoms. The number of likely N-dealkylation sites (N-methyl/N-ethyl adjacent to an activating group) is 1. The van der Waals surface area contributed by atoms with Crippen molar-refractivity contribution >= 4 is 5.91 Å². The van der Waals surface area contributed by atoms with Gasteiger partial charge in [0.2, 0.25) is 5.91 Å². The minimum atomic E-state index is -0.277. The smallest absolute Gasteiger partial charge is 0.240 e. The Bertz CT molecular complexity index is 464. The molecule has 21 heavy (non-hydrogen) atoms. The van der Waals surface area contributed by atoms with Gasteiger partial charge in [-0.1, -0.05) is 0 Å². The molecule has 1 atom stereocenters. The molecule has 0 bridgehead atoms. The van der Waals surface area contributed by atoms with Crippen molar-refractivity contribution in [1.29, 1.82) is 0 Å². The van der Waals surface area contributed by atoms with Crippen LogP contribution in [0.5, 0.6) is 5.75 Å². The number of ether oxygens (including phenoxy) is 1. The van der Waals surface area contributed by atoms with Gasteiger partial charge in [-0.2, -0.15) is 0 Å². The number of hydrogen-bond donors (Lipinski definition) is 1. The van der Waals surface area contributed by atoms with E-state index in [-0.39, 0.29) is 17.8 Å². The molecule has 2 rings (SSSR count). The lowest BCUT2D eigenvalue weighted by Crippen LogP contribution is -2.58. The van der Waals surface area contributed by atoms with Crippen LogP contribution in [0.25, 0.3) is 0 Å². The molecule has 1 fully saturated rings. The summed E-state index contributed by atoms with van der Waals surface area (Å²) in [5.74, 6) is 0.465. The molecule has 116 valence electrons. The Morgan fingerprint density at radius 3 is 2.81 bits per heavy atom. The first-order chi connectivity index (χ1) is 10.1. The monoisotopic (exact) mass is 295 g/mol. The third-order valence-electron chi connectivity index (χ3n) is 3.54. The molecular weight excluding hydrogens is 273 g/mol. The molecule has 5 nitrogen and oxygen atoms in total. The van der Waals surface area contributed by atoms with Crippen LogP contribution in [0, 0.1) is 5.82 Å². The van der Waals surface area contributed by atoms with Crippen molar-refractivity contribution in [2.45, 2.75) is 6.04 Å². The standard InChI is InChI=1S/C15H22FN3O2/c1-18(2)15(20)14-11-17-7-8-19(14)9-10-21-13-5-3-12(16)4-6-13/h3-6,14,17H,7-11H2,1-2H3. The average Bonchev–Trinajstić information content (AvgIpc) is 2.49. The normalized spacial score (nSPS) is 19.3. The Hall–Kier alpha value is -1.66. The fourth-order valence-electron chi connectivity index (χ4n) is 2.37. The van der Waals surface area contributed by atoms with Crippen LogP contribution < -0.4 is 10.1 Å². The Morgan fingerprint density at radius 1 is 1.43 bits per heavy atom. The zero-order valence-electron chi connectivity index (χ0n) is 12.5. The molecule has 1 N–H and O–H groups in total. The van der Waals surface area contributed by atoms with Gasteiger partial charge in [0.05, 0.1) is 0 Å². The minimum Gasteiger partial charge on any atom is -0.492 e. The van der Waals surface area contributed by atoms with Gasteiger partial charge in [-0.3, -0.25) is 9.69 Å². The first-order valence-electron chi connectivity index (χ1n) is 7.12. The van der Waals surface area contributed by atoms with Crippen LogP contribution in [0.2, 0.25) is 0 Å². The number of carbonyl (C=O) groups is 1. The topological polar surface area (TPSA) is 44.8 Å². The second-order valence-corrected chi connectivity index (χ2v) is 5.29. The zero-order valence-corrected chi connectivity index (χ0v) is 12.5. The van der Waals surface area contributed by atoms with Gasteiger partial charge in [0.15, 0.2) is 0 Å². The van der Waals surface area contributed by atoms with Crippen molar-refractivity contribution < 1.29 is 13.9 Å². The number of amides is 1. The summed E-state index contributed by atoms with van der Waals surface area (Å²) in [4.78, 5) is 15.9. The summed E-state index contributed by atoms with van der Waals surface area (Å²) in [7, 11) is 3.54. The lowest BCUT2D eigenvalue weighted by Gasteiger charge is -2.36. The molecule has 0 saturated carbocycles. The van der Waals surface area contributed by atoms with E-state index in [9.17, 15) is 9.18 Å². The van der Waals surface area contributed by atoms with Crippen LogP contribution >= 0.6 is 0 Å². The maximum absolute atomic E-state index is 12.8. The van der Waals surface area contributed by atoms with E-state index in [2.05, 4.69) is 10.2 Å². The highest BCUT2D eigenvalue weighted by atomic mass is 19.1. The van der Waals surface area contributed by atoms with E-state index in [1.807, 2.05) is 0 Å². The van der Waals surface area contributed by atoms with Gasteiger partial charge in [0.25, 0.3) is 0 Å². The minimum absolute atomic E-state index is 0.101. The molecule has 1 aromatic carbocycles. The van der Waals surface area contributed by atoms with Gasteiger partial charge in [-0.15, -0.1) is 0 Å². The fourth-order valence-corrected chi connectivity index (χ4v) is 2.37. The van der Waals surface area contributed by atoms with Gasteiger partial charge < -0.3 is 15.0 Å². The zero-order chi connectivity index (χ0) is 15.2. The van der Waals surface area contributed by atoms with Crippen LogP contribution in [0.1, 0.15) is 0 Å². The number of carbonyl (C=O) groups excluding carboxylic acids is 1. The second kappa shape index (κ2) is 7.38. The molecule has 1 aliphatic heterocycles. The molecular formula is C15H22FN3O2. The summed E-state index contributed by atoms with van der Waals surface area (Å²) in [5, 5.41) is 3.24. The van der Waals surface area contributed by atoms with Crippen molar-refractivity contribution in [2.75, 3.05) is 46.9 Å². The van der Waals surface area contributed by atoms with E-state index in [1.54, 1.807) is 31.1 Å². The summed E-state index contributed by atoms with van der Waals surface area (Å²) in [6, 6.07) is 5.81. The third-order valence-corrected chi connectivity index (χ3v) is 3.54. The van der Waals surface area contributed by atoms with E-state index in [1.165, 1.54) is 12.1 Å². The van der Waals surface area contributed by atoms with Crippen molar-refractivity contribution in [3.8, 4) is 5.75 Å². The van der Waals surface area contributed by atoms with Crippen LogP contribution in [-0.2, 0) is 4.79 Å². The van der Waals surface area contributed by atoms with E-state index in [0.29, 0.717) is 25.4 Å². The van der Waals surface area contributed by atoms with Gasteiger partial charge in [-0.25, -0.2) is 4.39 Å². The van der Waals surface area contributed by atoms with E-state index in [4.69, 9.17) is 4.74 Å². The van der Waals surface area contributed by atoms with Crippen molar-refractivity contribution in [2.24, 2.45) is 0 Å². The first-order valence-corrected chi connectivity index (χ1v) is 7.12. The third kappa shape index (κ3) is 4.41. The number of benzene rings is 1. The predicted molar refractivity (Wildman–Crippen MR) is 78.8 cm³/mol. The Morgan fingerprint density at radius 2 is 2.14 bits per heavy atom. The van der Waals surface area contributed by atoms with Gasteiger partial charge in [0, 0.05) is 40.3 Å². The van der Waals surface area contributed by atoms with E-state index >= 15 is 0 Å². The predicted octanol–water partition coefficient (Wildman–Crippen LogP) is 0.567. The van der Waals surface area contributed by atoms with Gasteiger partial charge in [-0.05, 0) is 24.3 Å². The lowest BCUT2D eigenvalue weighted by molar-refractivity contribution is -0.135. The van der Waals surface area contributed by atoms with Crippen molar-refractivity contribution in [3.05, 3.63) is 30.1 Å². The molecule has 0 radical (unpaired) electrons. The number of piperazine rings is 1. The molecule has 1 unspecified atom stereocenters. The first kappa shape index (κ1) is 15.7. The van der Waals surface area contributed by atoms with E-state index < -0.39 is 0 Å². The second-order valence-electron chi connectivity index (χ2n) is 5.29. The average molecular weight is 295 g/mol. The van der Waals surface area contributed by atoms with Gasteiger partial charge >= 0.3 is 0 Å². The SMILES string of the molecule is CN(C)C(=O)C1CNCCN1CCOc1ccc(F)cc1. The summed E-state index contributed by atoms with van der Waals surface area (Å²) in [6.45, 7) is 3.49. The maximum Gasteiger partial charge on any atom is 0.240 e. The highest BCUT2D eigenvalue weighted by Crippen LogP contribution is 2.12. The van der Waals surface area contributed by atoms with Crippen molar-refractivity contribution in [3.63, 3.8) is 0 Å². The lowest BCUT2D eigenvalue weighted by atomic mass is 10.1. The summed E-state index contributed by atoms with van der Waals surface area (Å²) in [6.07, 6.45) is 0. The van der Waals surface area contributed by atoms with Crippen LogP contribution in [0.15, 0.2) is 24.3 Å². The Labute approximate surface area is 124 Å². The number of halogens is 1. The van der Waals surface area contributed by atoms with Crippen LogP contribution in [0.4, 0.5) is 4.39 Å². The van der Waals surface area contributed by atoms with Crippen LogP contribution in [0.3, 0.4) is 0 Å². The fraction of sp³-hybridized carbons (Fsp3) is 0.533. The number of rotatable bonds is 5. The quantitative estimate of drug-likeness (QED) is 0.862. The molecule has 1 amide bonds. The highest BCUT2D eigenvalue weighted by molar-refractivity contribution is 5.81. The van der Waals surface area contributed by atoms with Crippen LogP contribution in [-0.4, -0.2) is 68.6 Å². The summed E-state index contributed by atoms with van der Waals surface area (Å²) >= 11 is 0. The molecule has 1 heterocycles. The maximum atomic E-state index is 12.8. The summed E-state index contributed by atoms with van der Waals surface area (Å²) < 4.78 is 18.4. The molecule has 0 aliphatic carbocycles. The molecule has 1 aromatic rings. The summed E-state index contributed by atoms with van der Waals surface area (Å²) in [5.41, 5.74) is 0. The Balaban J connectivity index is 1.85. The van der Waals surface area contributed by atoms with E-state index in [0.717, 1.165) is 13.1 Å². The van der Waals surface area contributed by atoms with Crippen molar-refractivity contribution in [1.82, 2.24) is 15.1 Å². The molecule has 0 aromatic heterocycles. The number of nitrogens with one attached hydrogen (secondary N) is 1. The molecule has 1 aliphatic rings. The molecule has 0 spiro atoms. The molecule has 1 saturated heterocycles. The Kier molecular flexibility index (Phi) is 5.52.